The molecule has 1 aliphatic heterocycles. The summed E-state index contributed by atoms with van der Waals surface area (Å²) in [5.74, 6) is 1.23. The van der Waals surface area contributed by atoms with Crippen molar-refractivity contribution in [2.24, 2.45) is 17.1 Å². The molecule has 0 aliphatic carbocycles. The number of hydrogen-bond donors (Lipinski definition) is 1. The quantitative estimate of drug-likeness (QED) is 0.911. The standard InChI is InChI=1S/C17H26N2O2/c1-11(2)15-10-19(16(20)17(3,4)5)13-7-6-12(9-18)8-14(13)21-15/h6-8,11,15H,9-10,18H2,1-5H3. The van der Waals surface area contributed by atoms with Gasteiger partial charge in [-0.05, 0) is 23.6 Å². The lowest BCUT2D eigenvalue weighted by atomic mass is 9.93. The summed E-state index contributed by atoms with van der Waals surface area (Å²) in [5, 5.41) is 0. The van der Waals surface area contributed by atoms with Crippen molar-refractivity contribution in [2.75, 3.05) is 11.4 Å². The Bertz CT molecular complexity index is 532. The summed E-state index contributed by atoms with van der Waals surface area (Å²) in [7, 11) is 0. The van der Waals surface area contributed by atoms with E-state index < -0.39 is 5.41 Å². The van der Waals surface area contributed by atoms with Gasteiger partial charge in [-0.2, -0.15) is 0 Å². The van der Waals surface area contributed by atoms with Crippen molar-refractivity contribution in [1.29, 1.82) is 0 Å². The molecule has 1 aliphatic rings. The minimum Gasteiger partial charge on any atom is -0.486 e. The van der Waals surface area contributed by atoms with Crippen LogP contribution >= 0.6 is 0 Å². The number of amides is 1. The summed E-state index contributed by atoms with van der Waals surface area (Å²) in [5.41, 5.74) is 7.16. The fraction of sp³-hybridized carbons (Fsp3) is 0.588. The van der Waals surface area contributed by atoms with Gasteiger partial charge in [0.15, 0.2) is 0 Å². The van der Waals surface area contributed by atoms with Gasteiger partial charge < -0.3 is 15.4 Å². The number of nitrogens with zero attached hydrogens (tertiary/aromatic N) is 1. The predicted octanol–water partition coefficient (Wildman–Crippen LogP) is 2.94. The van der Waals surface area contributed by atoms with Gasteiger partial charge in [-0.15, -0.1) is 0 Å². The van der Waals surface area contributed by atoms with Crippen molar-refractivity contribution in [2.45, 2.75) is 47.3 Å². The fourth-order valence-electron chi connectivity index (χ4n) is 2.43. The smallest absolute Gasteiger partial charge is 0.232 e. The molecule has 0 aromatic heterocycles. The van der Waals surface area contributed by atoms with E-state index >= 15 is 0 Å². The first-order valence-electron chi connectivity index (χ1n) is 7.55. The van der Waals surface area contributed by atoms with Gasteiger partial charge in [0.25, 0.3) is 0 Å². The maximum atomic E-state index is 12.8. The Balaban J connectivity index is 2.44. The van der Waals surface area contributed by atoms with E-state index in [0.29, 0.717) is 19.0 Å². The van der Waals surface area contributed by atoms with Crippen LogP contribution in [0.15, 0.2) is 18.2 Å². The minimum absolute atomic E-state index is 0.0109. The van der Waals surface area contributed by atoms with Crippen LogP contribution in [0.2, 0.25) is 0 Å². The fourth-order valence-corrected chi connectivity index (χ4v) is 2.43. The molecule has 4 heteroatoms. The van der Waals surface area contributed by atoms with Crippen LogP contribution in [0.3, 0.4) is 0 Å². The lowest BCUT2D eigenvalue weighted by molar-refractivity contribution is -0.126. The second-order valence-corrected chi connectivity index (χ2v) is 7.07. The lowest BCUT2D eigenvalue weighted by Gasteiger charge is -2.39. The molecular formula is C17H26N2O2. The monoisotopic (exact) mass is 290 g/mol. The number of ether oxygens (including phenoxy) is 1. The van der Waals surface area contributed by atoms with Gasteiger partial charge in [-0.1, -0.05) is 40.7 Å². The number of hydrogen-bond acceptors (Lipinski definition) is 3. The molecule has 1 aromatic carbocycles. The van der Waals surface area contributed by atoms with Crippen LogP contribution in [0.1, 0.15) is 40.2 Å². The van der Waals surface area contributed by atoms with E-state index in [4.69, 9.17) is 10.5 Å². The second-order valence-electron chi connectivity index (χ2n) is 7.07. The topological polar surface area (TPSA) is 55.6 Å². The zero-order valence-corrected chi connectivity index (χ0v) is 13.6. The highest BCUT2D eigenvalue weighted by Crippen LogP contribution is 2.37. The maximum Gasteiger partial charge on any atom is 0.232 e. The van der Waals surface area contributed by atoms with E-state index in [9.17, 15) is 4.79 Å². The molecule has 2 N–H and O–H groups in total. The molecule has 0 fully saturated rings. The number of anilines is 1. The first-order valence-corrected chi connectivity index (χ1v) is 7.55. The zero-order valence-electron chi connectivity index (χ0n) is 13.6. The van der Waals surface area contributed by atoms with E-state index in [1.807, 2.05) is 43.9 Å². The first kappa shape index (κ1) is 15.8. The minimum atomic E-state index is -0.414. The van der Waals surface area contributed by atoms with Crippen LogP contribution < -0.4 is 15.4 Å². The third-order valence-corrected chi connectivity index (χ3v) is 3.82. The third-order valence-electron chi connectivity index (χ3n) is 3.82. The van der Waals surface area contributed by atoms with Crippen LogP contribution in [0, 0.1) is 11.3 Å². The molecule has 1 atom stereocenters. The van der Waals surface area contributed by atoms with E-state index in [1.165, 1.54) is 0 Å². The summed E-state index contributed by atoms with van der Waals surface area (Å²) >= 11 is 0. The average molecular weight is 290 g/mol. The Labute approximate surface area is 127 Å². The van der Waals surface area contributed by atoms with Crippen molar-refractivity contribution >= 4 is 11.6 Å². The van der Waals surface area contributed by atoms with Crippen LogP contribution in [-0.2, 0) is 11.3 Å². The predicted molar refractivity (Wildman–Crippen MR) is 85.4 cm³/mol. The van der Waals surface area contributed by atoms with Crippen molar-refractivity contribution in [1.82, 2.24) is 0 Å². The third kappa shape index (κ3) is 3.21. The normalized spacial score (nSPS) is 18.4. The number of carbonyl (C=O) groups excluding carboxylic acids is 1. The number of carbonyl (C=O) groups is 1. The van der Waals surface area contributed by atoms with Crippen LogP contribution in [-0.4, -0.2) is 18.6 Å². The van der Waals surface area contributed by atoms with Gasteiger partial charge in [0.1, 0.15) is 11.9 Å². The van der Waals surface area contributed by atoms with Gasteiger partial charge in [0.05, 0.1) is 12.2 Å². The highest BCUT2D eigenvalue weighted by Gasteiger charge is 2.36. The highest BCUT2D eigenvalue weighted by molar-refractivity contribution is 5.98. The Morgan fingerprint density at radius 2 is 2.10 bits per heavy atom. The van der Waals surface area contributed by atoms with E-state index in [-0.39, 0.29) is 12.0 Å². The molecule has 0 radical (unpaired) electrons. The highest BCUT2D eigenvalue weighted by atomic mass is 16.5. The number of fused-ring (bicyclic) bond motifs is 1. The van der Waals surface area contributed by atoms with E-state index in [0.717, 1.165) is 17.0 Å². The Hall–Kier alpha value is -1.55. The van der Waals surface area contributed by atoms with Crippen molar-refractivity contribution in [3.8, 4) is 5.75 Å². The molecule has 1 heterocycles. The molecule has 2 rings (SSSR count). The molecule has 0 spiro atoms. The summed E-state index contributed by atoms with van der Waals surface area (Å²) in [6.07, 6.45) is 0.0109. The Morgan fingerprint density at radius 1 is 1.43 bits per heavy atom. The molecule has 4 nitrogen and oxygen atoms in total. The maximum absolute atomic E-state index is 12.8. The van der Waals surface area contributed by atoms with Crippen molar-refractivity contribution in [3.05, 3.63) is 23.8 Å². The average Bonchev–Trinajstić information content (AvgIpc) is 2.43. The van der Waals surface area contributed by atoms with Crippen molar-refractivity contribution in [3.63, 3.8) is 0 Å². The van der Waals surface area contributed by atoms with Crippen LogP contribution in [0.4, 0.5) is 5.69 Å². The van der Waals surface area contributed by atoms with Crippen LogP contribution in [0.25, 0.3) is 0 Å². The van der Waals surface area contributed by atoms with Gasteiger partial charge in [-0.3, -0.25) is 4.79 Å². The molecule has 1 aromatic rings. The molecule has 1 unspecified atom stereocenters. The van der Waals surface area contributed by atoms with E-state index in [2.05, 4.69) is 13.8 Å². The summed E-state index contributed by atoms with van der Waals surface area (Å²) < 4.78 is 6.08. The van der Waals surface area contributed by atoms with Gasteiger partial charge in [0.2, 0.25) is 5.91 Å². The molecule has 21 heavy (non-hydrogen) atoms. The number of benzene rings is 1. The molecule has 1 amide bonds. The first-order chi connectivity index (χ1) is 9.74. The molecular weight excluding hydrogens is 264 g/mol. The van der Waals surface area contributed by atoms with E-state index in [1.54, 1.807) is 0 Å². The molecule has 0 bridgehead atoms. The van der Waals surface area contributed by atoms with Crippen molar-refractivity contribution < 1.29 is 9.53 Å². The SMILES string of the molecule is CC(C)C1CN(C(=O)C(C)(C)C)c2ccc(CN)cc2O1. The lowest BCUT2D eigenvalue weighted by Crippen LogP contribution is -2.49. The van der Waals surface area contributed by atoms with Gasteiger partial charge >= 0.3 is 0 Å². The van der Waals surface area contributed by atoms with Crippen LogP contribution in [0.5, 0.6) is 5.75 Å². The largest absolute Gasteiger partial charge is 0.486 e. The summed E-state index contributed by atoms with van der Waals surface area (Å²) in [4.78, 5) is 14.6. The molecule has 0 saturated heterocycles. The summed E-state index contributed by atoms with van der Waals surface area (Å²) in [6.45, 7) is 11.1. The second kappa shape index (κ2) is 5.68. The number of nitrogens with two attached hydrogens (primary N) is 1. The summed E-state index contributed by atoms with van der Waals surface area (Å²) in [6, 6.07) is 5.85. The number of rotatable bonds is 2. The molecule has 0 saturated carbocycles. The van der Waals surface area contributed by atoms with Gasteiger partial charge in [-0.25, -0.2) is 0 Å². The zero-order chi connectivity index (χ0) is 15.8. The van der Waals surface area contributed by atoms with Gasteiger partial charge in [0, 0.05) is 12.0 Å². The Morgan fingerprint density at radius 3 is 2.62 bits per heavy atom. The molecule has 116 valence electrons. The Kier molecular flexibility index (Phi) is 4.28.